The first kappa shape index (κ1) is 12.5. The summed E-state index contributed by atoms with van der Waals surface area (Å²) in [4.78, 5) is 11.2. The summed E-state index contributed by atoms with van der Waals surface area (Å²) in [7, 11) is 0. The van der Waals surface area contributed by atoms with E-state index in [1.165, 1.54) is 6.07 Å². The first-order valence-corrected chi connectivity index (χ1v) is 6.02. The van der Waals surface area contributed by atoms with Crippen LogP contribution in [0.5, 0.6) is 17.2 Å². The van der Waals surface area contributed by atoms with Crippen molar-refractivity contribution in [3.05, 3.63) is 17.7 Å². The van der Waals surface area contributed by atoms with Gasteiger partial charge in [-0.2, -0.15) is 0 Å². The third kappa shape index (κ3) is 2.67. The number of hydrogen-bond donors (Lipinski definition) is 1. The van der Waals surface area contributed by atoms with Crippen LogP contribution >= 0.6 is 0 Å². The van der Waals surface area contributed by atoms with Gasteiger partial charge in [0.1, 0.15) is 24.5 Å². The topological polar surface area (TPSA) is 65.0 Å². The molecule has 0 radical (unpaired) electrons. The van der Waals surface area contributed by atoms with Crippen LogP contribution in [0.2, 0.25) is 0 Å². The molecule has 0 aliphatic carbocycles. The quantitative estimate of drug-likeness (QED) is 0.815. The number of carboxylic acid groups (broad SMARTS) is 1. The Morgan fingerprint density at radius 1 is 1.33 bits per heavy atom. The van der Waals surface area contributed by atoms with Crippen molar-refractivity contribution in [3.8, 4) is 17.2 Å². The standard InChI is InChI=1S/C13H16O5/c1-2-3-4-16-10-8-12-11(17-5-6-18-12)7-9(10)13(14)15/h7-8H,2-6H2,1H3,(H,14,15). The zero-order chi connectivity index (χ0) is 13.0. The fourth-order valence-corrected chi connectivity index (χ4v) is 1.68. The van der Waals surface area contributed by atoms with E-state index >= 15 is 0 Å². The van der Waals surface area contributed by atoms with E-state index in [4.69, 9.17) is 19.3 Å². The molecule has 1 heterocycles. The predicted molar refractivity (Wildman–Crippen MR) is 64.8 cm³/mol. The van der Waals surface area contributed by atoms with Crippen LogP contribution in [0.15, 0.2) is 12.1 Å². The summed E-state index contributed by atoms with van der Waals surface area (Å²) in [5.74, 6) is 0.304. The van der Waals surface area contributed by atoms with Gasteiger partial charge in [-0.1, -0.05) is 13.3 Å². The number of hydrogen-bond acceptors (Lipinski definition) is 4. The molecule has 5 heteroatoms. The average Bonchev–Trinajstić information content (AvgIpc) is 2.38. The second kappa shape index (κ2) is 5.62. The highest BCUT2D eigenvalue weighted by molar-refractivity contribution is 5.92. The molecule has 0 fully saturated rings. The maximum atomic E-state index is 11.2. The Labute approximate surface area is 105 Å². The van der Waals surface area contributed by atoms with Crippen molar-refractivity contribution in [1.82, 2.24) is 0 Å². The summed E-state index contributed by atoms with van der Waals surface area (Å²) < 4.78 is 16.2. The number of benzene rings is 1. The summed E-state index contributed by atoms with van der Waals surface area (Å²) in [5, 5.41) is 9.15. The summed E-state index contributed by atoms with van der Waals surface area (Å²) in [5.41, 5.74) is 0.107. The minimum Gasteiger partial charge on any atom is -0.493 e. The molecular weight excluding hydrogens is 236 g/mol. The van der Waals surface area contributed by atoms with Gasteiger partial charge in [0.15, 0.2) is 11.5 Å². The fourth-order valence-electron chi connectivity index (χ4n) is 1.68. The second-order valence-electron chi connectivity index (χ2n) is 4.00. The van der Waals surface area contributed by atoms with Crippen molar-refractivity contribution < 1.29 is 24.1 Å². The highest BCUT2D eigenvalue weighted by Crippen LogP contribution is 2.36. The number of carbonyl (C=O) groups is 1. The van der Waals surface area contributed by atoms with Crippen LogP contribution in [-0.4, -0.2) is 30.9 Å². The second-order valence-corrected chi connectivity index (χ2v) is 4.00. The van der Waals surface area contributed by atoms with Crippen LogP contribution in [0.1, 0.15) is 30.1 Å². The molecule has 0 saturated heterocycles. The molecule has 1 aromatic rings. The number of carboxylic acids is 1. The van der Waals surface area contributed by atoms with Gasteiger partial charge in [0.25, 0.3) is 0 Å². The molecule has 0 unspecified atom stereocenters. The molecule has 0 amide bonds. The Morgan fingerprint density at radius 2 is 2.00 bits per heavy atom. The van der Waals surface area contributed by atoms with Gasteiger partial charge in [-0.3, -0.25) is 0 Å². The van der Waals surface area contributed by atoms with Gasteiger partial charge in [0, 0.05) is 12.1 Å². The van der Waals surface area contributed by atoms with Crippen LogP contribution < -0.4 is 14.2 Å². The summed E-state index contributed by atoms with van der Waals surface area (Å²) in [6.45, 7) is 3.44. The SMILES string of the molecule is CCCCOc1cc2c(cc1C(=O)O)OCCO2. The number of aromatic carboxylic acids is 1. The van der Waals surface area contributed by atoms with E-state index in [0.29, 0.717) is 37.1 Å². The first-order valence-electron chi connectivity index (χ1n) is 6.02. The summed E-state index contributed by atoms with van der Waals surface area (Å²) in [6, 6.07) is 3.05. The molecule has 0 atom stereocenters. The lowest BCUT2D eigenvalue weighted by Crippen LogP contribution is -2.16. The zero-order valence-corrected chi connectivity index (χ0v) is 10.3. The van der Waals surface area contributed by atoms with E-state index in [0.717, 1.165) is 12.8 Å². The van der Waals surface area contributed by atoms with Gasteiger partial charge in [0.2, 0.25) is 0 Å². The molecule has 1 aromatic carbocycles. The molecule has 1 N–H and O–H groups in total. The van der Waals surface area contributed by atoms with Crippen LogP contribution in [0.4, 0.5) is 0 Å². The number of fused-ring (bicyclic) bond motifs is 1. The normalized spacial score (nSPS) is 13.2. The highest BCUT2D eigenvalue weighted by atomic mass is 16.6. The van der Waals surface area contributed by atoms with E-state index in [9.17, 15) is 4.79 Å². The number of unbranched alkanes of at least 4 members (excludes halogenated alkanes) is 1. The zero-order valence-electron chi connectivity index (χ0n) is 10.3. The Morgan fingerprint density at radius 3 is 2.61 bits per heavy atom. The van der Waals surface area contributed by atoms with E-state index in [2.05, 4.69) is 0 Å². The molecule has 0 spiro atoms. The molecule has 98 valence electrons. The van der Waals surface area contributed by atoms with E-state index in [1.807, 2.05) is 6.92 Å². The monoisotopic (exact) mass is 252 g/mol. The molecule has 1 aliphatic rings. The van der Waals surface area contributed by atoms with Gasteiger partial charge >= 0.3 is 5.97 Å². The first-order chi connectivity index (χ1) is 8.72. The van der Waals surface area contributed by atoms with Gasteiger partial charge < -0.3 is 19.3 Å². The lowest BCUT2D eigenvalue weighted by Gasteiger charge is -2.20. The largest absolute Gasteiger partial charge is 0.493 e. The molecule has 5 nitrogen and oxygen atoms in total. The van der Waals surface area contributed by atoms with Crippen molar-refractivity contribution in [2.24, 2.45) is 0 Å². The number of ether oxygens (including phenoxy) is 3. The van der Waals surface area contributed by atoms with Crippen molar-refractivity contribution >= 4 is 5.97 Å². The van der Waals surface area contributed by atoms with Gasteiger partial charge in [-0.25, -0.2) is 4.79 Å². The molecule has 0 bridgehead atoms. The maximum absolute atomic E-state index is 11.2. The Hall–Kier alpha value is -1.91. The van der Waals surface area contributed by atoms with Gasteiger partial charge in [-0.05, 0) is 6.42 Å². The van der Waals surface area contributed by atoms with Crippen molar-refractivity contribution in [1.29, 1.82) is 0 Å². The summed E-state index contributed by atoms with van der Waals surface area (Å²) in [6.07, 6.45) is 1.88. The van der Waals surface area contributed by atoms with Crippen LogP contribution in [0, 0.1) is 0 Å². The lowest BCUT2D eigenvalue weighted by atomic mass is 10.1. The Kier molecular flexibility index (Phi) is 3.92. The molecular formula is C13H16O5. The molecule has 1 aliphatic heterocycles. The molecule has 0 aromatic heterocycles. The third-order valence-electron chi connectivity index (χ3n) is 2.63. The van der Waals surface area contributed by atoms with E-state index < -0.39 is 5.97 Å². The van der Waals surface area contributed by atoms with Crippen molar-refractivity contribution in [2.45, 2.75) is 19.8 Å². The molecule has 18 heavy (non-hydrogen) atoms. The van der Waals surface area contributed by atoms with Gasteiger partial charge in [-0.15, -0.1) is 0 Å². The molecule has 2 rings (SSSR count). The summed E-state index contributed by atoms with van der Waals surface area (Å²) >= 11 is 0. The van der Waals surface area contributed by atoms with Gasteiger partial charge in [0.05, 0.1) is 6.61 Å². The Bertz CT molecular complexity index is 441. The highest BCUT2D eigenvalue weighted by Gasteiger charge is 2.20. The predicted octanol–water partition coefficient (Wildman–Crippen LogP) is 2.33. The minimum atomic E-state index is -1.03. The van der Waals surface area contributed by atoms with Crippen LogP contribution in [0.3, 0.4) is 0 Å². The van der Waals surface area contributed by atoms with E-state index in [1.54, 1.807) is 6.07 Å². The smallest absolute Gasteiger partial charge is 0.339 e. The van der Waals surface area contributed by atoms with E-state index in [-0.39, 0.29) is 5.56 Å². The van der Waals surface area contributed by atoms with Crippen LogP contribution in [-0.2, 0) is 0 Å². The average molecular weight is 252 g/mol. The van der Waals surface area contributed by atoms with Crippen molar-refractivity contribution in [3.63, 3.8) is 0 Å². The Balaban J connectivity index is 2.27. The lowest BCUT2D eigenvalue weighted by molar-refractivity contribution is 0.0690. The third-order valence-corrected chi connectivity index (χ3v) is 2.63. The fraction of sp³-hybridized carbons (Fsp3) is 0.462. The van der Waals surface area contributed by atoms with Crippen LogP contribution in [0.25, 0.3) is 0 Å². The molecule has 0 saturated carbocycles. The van der Waals surface area contributed by atoms with Crippen molar-refractivity contribution in [2.75, 3.05) is 19.8 Å². The minimum absolute atomic E-state index is 0.107. The number of rotatable bonds is 5. The maximum Gasteiger partial charge on any atom is 0.339 e.